The first-order valence-electron chi connectivity index (χ1n) is 11.5. The van der Waals surface area contributed by atoms with Gasteiger partial charge in [-0.25, -0.2) is 9.79 Å². The number of nitrogens with zero attached hydrogens (tertiary/aromatic N) is 2. The zero-order chi connectivity index (χ0) is 24.6. The third kappa shape index (κ3) is 4.55. The number of fused-ring (bicyclic) bond motifs is 1. The summed E-state index contributed by atoms with van der Waals surface area (Å²) in [6.45, 7) is 12.4. The summed E-state index contributed by atoms with van der Waals surface area (Å²) in [5.74, 6) is -0.443. The summed E-state index contributed by atoms with van der Waals surface area (Å²) < 4.78 is 7.56. The quantitative estimate of drug-likeness (QED) is 0.527. The lowest BCUT2D eigenvalue weighted by Crippen LogP contribution is -2.39. The van der Waals surface area contributed by atoms with Crippen LogP contribution >= 0.6 is 11.3 Å². The molecule has 3 aromatic rings. The molecule has 0 N–H and O–H groups in total. The number of aromatic nitrogens is 1. The van der Waals surface area contributed by atoms with Gasteiger partial charge >= 0.3 is 5.97 Å². The Morgan fingerprint density at radius 1 is 1.09 bits per heavy atom. The van der Waals surface area contributed by atoms with E-state index in [0.717, 1.165) is 16.7 Å². The minimum atomic E-state index is -0.582. The number of esters is 1. The molecule has 0 bridgehead atoms. The van der Waals surface area contributed by atoms with E-state index < -0.39 is 12.0 Å². The minimum Gasteiger partial charge on any atom is -0.463 e. The molecule has 6 heteroatoms. The molecule has 2 aromatic carbocycles. The second kappa shape index (κ2) is 9.18. The predicted octanol–water partition coefficient (Wildman–Crippen LogP) is 4.40. The third-order valence-corrected chi connectivity index (χ3v) is 6.97. The molecule has 0 spiro atoms. The van der Waals surface area contributed by atoms with Crippen LogP contribution in [0, 0.1) is 6.92 Å². The van der Waals surface area contributed by atoms with Crippen LogP contribution in [0.1, 0.15) is 62.9 Å². The Hall–Kier alpha value is -3.25. The highest BCUT2D eigenvalue weighted by Crippen LogP contribution is 2.31. The molecule has 1 unspecified atom stereocenters. The Morgan fingerprint density at radius 3 is 2.32 bits per heavy atom. The highest BCUT2D eigenvalue weighted by molar-refractivity contribution is 7.07. The van der Waals surface area contributed by atoms with Crippen LogP contribution in [-0.2, 0) is 14.9 Å². The fraction of sp³-hybridized carbons (Fsp3) is 0.321. The Kier molecular flexibility index (Phi) is 6.45. The van der Waals surface area contributed by atoms with Gasteiger partial charge in [0, 0.05) is 0 Å². The van der Waals surface area contributed by atoms with Crippen LogP contribution in [0.15, 0.2) is 69.6 Å². The van der Waals surface area contributed by atoms with Gasteiger partial charge in [-0.15, -0.1) is 0 Å². The second-order valence-electron chi connectivity index (χ2n) is 9.58. The molecule has 0 aliphatic carbocycles. The molecule has 2 heterocycles. The highest BCUT2D eigenvalue weighted by Gasteiger charge is 2.33. The Bertz CT molecular complexity index is 1430. The number of hydrogen-bond donors (Lipinski definition) is 0. The van der Waals surface area contributed by atoms with Crippen LogP contribution < -0.4 is 14.9 Å². The molecule has 176 valence electrons. The summed E-state index contributed by atoms with van der Waals surface area (Å²) in [5.41, 5.74) is 5.02. The first kappa shape index (κ1) is 23.9. The average molecular weight is 475 g/mol. The summed E-state index contributed by atoms with van der Waals surface area (Å²) in [5, 5.41) is 0. The van der Waals surface area contributed by atoms with Crippen molar-refractivity contribution < 1.29 is 9.53 Å². The summed E-state index contributed by atoms with van der Waals surface area (Å²) in [4.78, 5) is 31.8. The lowest BCUT2D eigenvalue weighted by Gasteiger charge is -2.24. The van der Waals surface area contributed by atoms with Crippen LogP contribution in [0.25, 0.3) is 6.08 Å². The normalized spacial score (nSPS) is 16.3. The van der Waals surface area contributed by atoms with E-state index in [4.69, 9.17) is 4.74 Å². The lowest BCUT2D eigenvalue weighted by atomic mass is 9.87. The van der Waals surface area contributed by atoms with Crippen LogP contribution in [0.3, 0.4) is 0 Å². The van der Waals surface area contributed by atoms with E-state index in [-0.39, 0.29) is 17.6 Å². The number of aryl methyl sites for hydroxylation is 1. The van der Waals surface area contributed by atoms with E-state index in [9.17, 15) is 9.59 Å². The molecule has 0 saturated carbocycles. The molecule has 34 heavy (non-hydrogen) atoms. The van der Waals surface area contributed by atoms with Crippen molar-refractivity contribution in [1.82, 2.24) is 4.57 Å². The number of benzene rings is 2. The fourth-order valence-corrected chi connectivity index (χ4v) is 5.13. The van der Waals surface area contributed by atoms with E-state index in [1.165, 1.54) is 16.9 Å². The third-order valence-electron chi connectivity index (χ3n) is 5.98. The van der Waals surface area contributed by atoms with Gasteiger partial charge in [0.1, 0.15) is 0 Å². The fourth-order valence-electron chi connectivity index (χ4n) is 4.09. The van der Waals surface area contributed by atoms with Gasteiger partial charge in [-0.05, 0) is 49.0 Å². The highest BCUT2D eigenvalue weighted by atomic mass is 32.1. The summed E-state index contributed by atoms with van der Waals surface area (Å²) >= 11 is 1.34. The van der Waals surface area contributed by atoms with Gasteiger partial charge in [-0.2, -0.15) is 0 Å². The van der Waals surface area contributed by atoms with Crippen LogP contribution in [0.5, 0.6) is 0 Å². The van der Waals surface area contributed by atoms with Gasteiger partial charge in [-0.1, -0.05) is 86.2 Å². The zero-order valence-corrected chi connectivity index (χ0v) is 21.3. The lowest BCUT2D eigenvalue weighted by molar-refractivity contribution is -0.139. The molecule has 1 aliphatic rings. The molecule has 1 aromatic heterocycles. The summed E-state index contributed by atoms with van der Waals surface area (Å²) in [6, 6.07) is 15.6. The number of thiazole rings is 1. The van der Waals surface area contributed by atoms with Gasteiger partial charge in [0.25, 0.3) is 5.56 Å². The van der Waals surface area contributed by atoms with Crippen molar-refractivity contribution in [3.63, 3.8) is 0 Å². The Morgan fingerprint density at radius 2 is 1.74 bits per heavy atom. The maximum atomic E-state index is 13.6. The number of allylic oxidation sites excluding steroid dienone is 1. The van der Waals surface area contributed by atoms with E-state index >= 15 is 0 Å². The van der Waals surface area contributed by atoms with Crippen molar-refractivity contribution in [2.24, 2.45) is 4.99 Å². The van der Waals surface area contributed by atoms with E-state index in [0.29, 0.717) is 20.6 Å². The number of ether oxygens (including phenoxy) is 1. The van der Waals surface area contributed by atoms with E-state index in [1.54, 1.807) is 18.4 Å². The molecule has 1 aliphatic heterocycles. The van der Waals surface area contributed by atoms with Gasteiger partial charge in [0.05, 0.1) is 28.5 Å². The monoisotopic (exact) mass is 474 g/mol. The van der Waals surface area contributed by atoms with Crippen LogP contribution in [0.4, 0.5) is 0 Å². The van der Waals surface area contributed by atoms with Crippen molar-refractivity contribution in [3.8, 4) is 0 Å². The van der Waals surface area contributed by atoms with E-state index in [1.807, 2.05) is 49.4 Å². The van der Waals surface area contributed by atoms with Crippen molar-refractivity contribution in [1.29, 1.82) is 0 Å². The van der Waals surface area contributed by atoms with E-state index in [2.05, 4.69) is 37.9 Å². The topological polar surface area (TPSA) is 60.7 Å². The number of rotatable bonds is 4. The maximum Gasteiger partial charge on any atom is 0.338 e. The maximum absolute atomic E-state index is 13.6. The van der Waals surface area contributed by atoms with Crippen molar-refractivity contribution >= 4 is 23.4 Å². The average Bonchev–Trinajstić information content (AvgIpc) is 3.08. The van der Waals surface area contributed by atoms with Crippen LogP contribution in [0.2, 0.25) is 0 Å². The molecular formula is C28H30N2O3S. The van der Waals surface area contributed by atoms with Gasteiger partial charge in [-0.3, -0.25) is 9.36 Å². The standard InChI is InChI=1S/C28H30N2O3S/c1-7-33-26(32)23-18(3)29-27-30(24(23)20-12-8-17(2)9-13-20)25(31)22(34-27)16-19-10-14-21(15-11-19)28(4,5)6/h8-16,24H,7H2,1-6H3. The van der Waals surface area contributed by atoms with Crippen molar-refractivity contribution in [2.45, 2.75) is 53.0 Å². The Labute approximate surface area is 203 Å². The number of carbonyl (C=O) groups excluding carboxylic acids is 1. The first-order chi connectivity index (χ1) is 16.1. The SMILES string of the molecule is CCOC(=O)C1=C(C)N=c2sc(=Cc3ccc(C(C)(C)C)cc3)c(=O)n2C1c1ccc(C)cc1. The van der Waals surface area contributed by atoms with Gasteiger partial charge < -0.3 is 4.74 Å². The molecule has 0 amide bonds. The minimum absolute atomic E-state index is 0.0624. The second-order valence-corrected chi connectivity index (χ2v) is 10.6. The zero-order valence-electron chi connectivity index (χ0n) is 20.5. The van der Waals surface area contributed by atoms with Crippen molar-refractivity contribution in [3.05, 3.63) is 102 Å². The van der Waals surface area contributed by atoms with Gasteiger partial charge in [0.2, 0.25) is 0 Å². The Balaban J connectivity index is 1.88. The number of carbonyl (C=O) groups is 1. The summed E-state index contributed by atoms with van der Waals surface area (Å²) in [7, 11) is 0. The number of hydrogen-bond acceptors (Lipinski definition) is 5. The summed E-state index contributed by atoms with van der Waals surface area (Å²) in [6.07, 6.45) is 1.89. The molecule has 5 nitrogen and oxygen atoms in total. The molecular weight excluding hydrogens is 444 g/mol. The molecule has 4 rings (SSSR count). The molecule has 0 saturated heterocycles. The van der Waals surface area contributed by atoms with Gasteiger partial charge in [0.15, 0.2) is 4.80 Å². The van der Waals surface area contributed by atoms with Crippen molar-refractivity contribution in [2.75, 3.05) is 6.61 Å². The predicted molar refractivity (Wildman–Crippen MR) is 137 cm³/mol. The molecule has 0 radical (unpaired) electrons. The molecule has 1 atom stereocenters. The molecule has 0 fully saturated rings. The first-order valence-corrected chi connectivity index (χ1v) is 12.3. The largest absolute Gasteiger partial charge is 0.463 e. The van der Waals surface area contributed by atoms with Crippen LogP contribution in [-0.4, -0.2) is 17.1 Å². The smallest absolute Gasteiger partial charge is 0.338 e.